The summed E-state index contributed by atoms with van der Waals surface area (Å²) in [5.74, 6) is 0.0753. The molecule has 0 atom stereocenters. The SMILES string of the molecule is NS(=O)(=O)c1cccc([N+](=O)[O-])c1-c1ccco1. The van der Waals surface area contributed by atoms with E-state index < -0.39 is 14.9 Å². The zero-order valence-corrected chi connectivity index (χ0v) is 9.75. The highest BCUT2D eigenvalue weighted by Crippen LogP contribution is 2.35. The Labute approximate surface area is 102 Å². The van der Waals surface area contributed by atoms with Crippen molar-refractivity contribution < 1.29 is 17.8 Å². The topological polar surface area (TPSA) is 116 Å². The van der Waals surface area contributed by atoms with Crippen LogP contribution in [0.15, 0.2) is 45.9 Å². The van der Waals surface area contributed by atoms with Gasteiger partial charge < -0.3 is 4.42 Å². The quantitative estimate of drug-likeness (QED) is 0.668. The van der Waals surface area contributed by atoms with Gasteiger partial charge in [-0.15, -0.1) is 0 Å². The lowest BCUT2D eigenvalue weighted by atomic mass is 10.1. The molecule has 18 heavy (non-hydrogen) atoms. The van der Waals surface area contributed by atoms with E-state index in [0.717, 1.165) is 0 Å². The van der Waals surface area contributed by atoms with Crippen LogP contribution in [0.25, 0.3) is 11.3 Å². The lowest BCUT2D eigenvalue weighted by Gasteiger charge is -2.05. The zero-order chi connectivity index (χ0) is 13.3. The van der Waals surface area contributed by atoms with Crippen molar-refractivity contribution in [2.75, 3.05) is 0 Å². The predicted molar refractivity (Wildman–Crippen MR) is 62.2 cm³/mol. The number of nitro benzene ring substituents is 1. The van der Waals surface area contributed by atoms with Crippen molar-refractivity contribution >= 4 is 15.7 Å². The van der Waals surface area contributed by atoms with Crippen LogP contribution in [-0.4, -0.2) is 13.3 Å². The van der Waals surface area contributed by atoms with Gasteiger partial charge in [-0.25, -0.2) is 13.6 Å². The number of nitro groups is 1. The first kappa shape index (κ1) is 12.3. The van der Waals surface area contributed by atoms with Gasteiger partial charge in [0.25, 0.3) is 5.69 Å². The molecule has 2 N–H and O–H groups in total. The van der Waals surface area contributed by atoms with Crippen LogP contribution in [0.5, 0.6) is 0 Å². The van der Waals surface area contributed by atoms with Gasteiger partial charge in [0.2, 0.25) is 10.0 Å². The van der Waals surface area contributed by atoms with E-state index >= 15 is 0 Å². The van der Waals surface area contributed by atoms with E-state index in [0.29, 0.717) is 0 Å². The molecule has 0 radical (unpaired) electrons. The maximum absolute atomic E-state index is 11.4. The summed E-state index contributed by atoms with van der Waals surface area (Å²) in [6.45, 7) is 0. The molecule has 0 aliphatic rings. The molecule has 0 saturated carbocycles. The van der Waals surface area contributed by atoms with E-state index in [1.165, 1.54) is 36.6 Å². The molecule has 0 saturated heterocycles. The highest BCUT2D eigenvalue weighted by molar-refractivity contribution is 7.89. The number of hydrogen-bond acceptors (Lipinski definition) is 5. The summed E-state index contributed by atoms with van der Waals surface area (Å²) in [5, 5.41) is 16.0. The van der Waals surface area contributed by atoms with Gasteiger partial charge in [0.1, 0.15) is 11.3 Å². The number of benzene rings is 1. The molecule has 8 heteroatoms. The second-order valence-electron chi connectivity index (χ2n) is 3.43. The molecule has 94 valence electrons. The largest absolute Gasteiger partial charge is 0.464 e. The minimum atomic E-state index is -4.08. The summed E-state index contributed by atoms with van der Waals surface area (Å²) in [5.41, 5.74) is -0.522. The molecule has 1 heterocycles. The first-order valence-electron chi connectivity index (χ1n) is 4.75. The maximum atomic E-state index is 11.4. The number of nitrogens with zero attached hydrogens (tertiary/aromatic N) is 1. The van der Waals surface area contributed by atoms with Crippen molar-refractivity contribution in [2.24, 2.45) is 5.14 Å². The molecular formula is C10H8N2O5S. The molecule has 0 unspecified atom stereocenters. The van der Waals surface area contributed by atoms with Crippen molar-refractivity contribution in [3.8, 4) is 11.3 Å². The lowest BCUT2D eigenvalue weighted by Crippen LogP contribution is -2.14. The Hall–Kier alpha value is -2.19. The summed E-state index contributed by atoms with van der Waals surface area (Å²) in [7, 11) is -4.08. The summed E-state index contributed by atoms with van der Waals surface area (Å²) in [4.78, 5) is 9.90. The minimum absolute atomic E-state index is 0.0753. The van der Waals surface area contributed by atoms with E-state index in [9.17, 15) is 18.5 Å². The Morgan fingerprint density at radius 3 is 2.44 bits per heavy atom. The summed E-state index contributed by atoms with van der Waals surface area (Å²) in [6.07, 6.45) is 1.29. The third-order valence-electron chi connectivity index (χ3n) is 2.28. The van der Waals surface area contributed by atoms with E-state index in [4.69, 9.17) is 9.56 Å². The molecule has 0 spiro atoms. The third kappa shape index (κ3) is 2.11. The average Bonchev–Trinajstić information content (AvgIpc) is 2.79. The Morgan fingerprint density at radius 2 is 1.94 bits per heavy atom. The van der Waals surface area contributed by atoms with Crippen LogP contribution in [0.4, 0.5) is 5.69 Å². The fraction of sp³-hybridized carbons (Fsp3) is 0. The number of sulfonamides is 1. The maximum Gasteiger partial charge on any atom is 0.281 e. The second kappa shape index (κ2) is 4.24. The monoisotopic (exact) mass is 268 g/mol. The molecule has 1 aromatic carbocycles. The molecule has 1 aromatic heterocycles. The van der Waals surface area contributed by atoms with Gasteiger partial charge in [0.15, 0.2) is 0 Å². The molecule has 0 aliphatic carbocycles. The Kier molecular flexibility index (Phi) is 2.89. The van der Waals surface area contributed by atoms with Gasteiger partial charge in [0, 0.05) is 6.07 Å². The molecule has 0 bridgehead atoms. The van der Waals surface area contributed by atoms with Crippen LogP contribution in [-0.2, 0) is 10.0 Å². The number of hydrogen-bond donors (Lipinski definition) is 1. The minimum Gasteiger partial charge on any atom is -0.464 e. The second-order valence-corrected chi connectivity index (χ2v) is 4.96. The first-order valence-corrected chi connectivity index (χ1v) is 6.30. The van der Waals surface area contributed by atoms with Gasteiger partial charge in [-0.1, -0.05) is 6.07 Å². The number of rotatable bonds is 3. The van der Waals surface area contributed by atoms with Crippen molar-refractivity contribution in [3.05, 3.63) is 46.7 Å². The highest BCUT2D eigenvalue weighted by Gasteiger charge is 2.26. The van der Waals surface area contributed by atoms with E-state index in [1.807, 2.05) is 0 Å². The van der Waals surface area contributed by atoms with Crippen LogP contribution in [0.1, 0.15) is 0 Å². The Balaban J connectivity index is 2.85. The molecule has 0 aliphatic heterocycles. The van der Waals surface area contributed by atoms with Gasteiger partial charge in [0.05, 0.1) is 16.1 Å². The first-order chi connectivity index (χ1) is 8.41. The molecule has 7 nitrogen and oxygen atoms in total. The number of furan rings is 1. The molecular weight excluding hydrogens is 260 g/mol. The van der Waals surface area contributed by atoms with Gasteiger partial charge >= 0.3 is 0 Å². The molecule has 2 aromatic rings. The molecule has 0 amide bonds. The normalized spacial score (nSPS) is 11.4. The third-order valence-corrected chi connectivity index (χ3v) is 3.23. The van der Waals surface area contributed by atoms with Crippen LogP contribution < -0.4 is 5.14 Å². The van der Waals surface area contributed by atoms with Crippen LogP contribution in [0.3, 0.4) is 0 Å². The van der Waals surface area contributed by atoms with Crippen molar-refractivity contribution in [1.29, 1.82) is 0 Å². The zero-order valence-electron chi connectivity index (χ0n) is 8.94. The van der Waals surface area contributed by atoms with Crippen LogP contribution in [0.2, 0.25) is 0 Å². The Morgan fingerprint density at radius 1 is 1.22 bits per heavy atom. The number of nitrogens with two attached hydrogens (primary N) is 1. The van der Waals surface area contributed by atoms with Crippen LogP contribution in [0, 0.1) is 10.1 Å². The lowest BCUT2D eigenvalue weighted by molar-refractivity contribution is -0.384. The summed E-state index contributed by atoms with van der Waals surface area (Å²) >= 11 is 0. The predicted octanol–water partition coefficient (Wildman–Crippen LogP) is 1.50. The van der Waals surface area contributed by atoms with Gasteiger partial charge in [-0.3, -0.25) is 10.1 Å². The fourth-order valence-electron chi connectivity index (χ4n) is 1.58. The van der Waals surface area contributed by atoms with E-state index in [1.54, 1.807) is 0 Å². The summed E-state index contributed by atoms with van der Waals surface area (Å²) in [6, 6.07) is 6.56. The smallest absolute Gasteiger partial charge is 0.281 e. The molecule has 2 rings (SSSR count). The average molecular weight is 268 g/mol. The van der Waals surface area contributed by atoms with E-state index in [2.05, 4.69) is 0 Å². The number of primary sulfonamides is 1. The van der Waals surface area contributed by atoms with Crippen LogP contribution >= 0.6 is 0 Å². The standard InChI is InChI=1S/C10H8N2O5S/c11-18(15,16)9-5-1-3-7(12(13)14)10(9)8-4-2-6-17-8/h1-6H,(H2,11,15,16). The van der Waals surface area contributed by atoms with E-state index in [-0.39, 0.29) is 21.9 Å². The van der Waals surface area contributed by atoms with Gasteiger partial charge in [-0.2, -0.15) is 0 Å². The Bertz CT molecular complexity index is 691. The van der Waals surface area contributed by atoms with Crippen molar-refractivity contribution in [3.63, 3.8) is 0 Å². The van der Waals surface area contributed by atoms with Crippen molar-refractivity contribution in [1.82, 2.24) is 0 Å². The van der Waals surface area contributed by atoms with Crippen molar-refractivity contribution in [2.45, 2.75) is 4.90 Å². The highest BCUT2D eigenvalue weighted by atomic mass is 32.2. The summed E-state index contributed by atoms with van der Waals surface area (Å²) < 4.78 is 27.9. The fourth-order valence-corrected chi connectivity index (χ4v) is 2.34. The molecule has 0 fully saturated rings. The van der Waals surface area contributed by atoms with Gasteiger partial charge in [-0.05, 0) is 18.2 Å².